The van der Waals surface area contributed by atoms with E-state index in [0.717, 1.165) is 44.4 Å². The second-order valence-electron chi connectivity index (χ2n) is 7.39. The molecule has 160 valence electrons. The van der Waals surface area contributed by atoms with E-state index >= 15 is 0 Å². The third-order valence-corrected chi connectivity index (χ3v) is 5.54. The Kier molecular flexibility index (Phi) is 6.11. The van der Waals surface area contributed by atoms with E-state index in [9.17, 15) is 8.78 Å². The minimum Gasteiger partial charge on any atom is -0.367 e. The van der Waals surface area contributed by atoms with Crippen LogP contribution in [0.1, 0.15) is 18.7 Å². The highest BCUT2D eigenvalue weighted by Gasteiger charge is 2.50. The van der Waals surface area contributed by atoms with Gasteiger partial charge in [0.2, 0.25) is 0 Å². The van der Waals surface area contributed by atoms with Crippen molar-refractivity contribution in [3.8, 4) is 11.4 Å². The van der Waals surface area contributed by atoms with E-state index in [1.54, 1.807) is 18.1 Å². The summed E-state index contributed by atoms with van der Waals surface area (Å²) in [6, 6.07) is 1.89. The van der Waals surface area contributed by atoms with Crippen molar-refractivity contribution in [2.24, 2.45) is 0 Å². The van der Waals surface area contributed by atoms with E-state index in [1.807, 2.05) is 12.3 Å². The Balaban J connectivity index is 1.50. The maximum Gasteiger partial charge on any atom is 0.279 e. The molecule has 4 rings (SSSR count). The Morgan fingerprint density at radius 1 is 1.47 bits per heavy atom. The summed E-state index contributed by atoms with van der Waals surface area (Å²) in [6.45, 7) is 2.30. The van der Waals surface area contributed by atoms with Gasteiger partial charge in [-0.1, -0.05) is 11.9 Å². The van der Waals surface area contributed by atoms with Gasteiger partial charge in [0.1, 0.15) is 18.0 Å². The van der Waals surface area contributed by atoms with Gasteiger partial charge in [0.25, 0.3) is 6.43 Å². The molecule has 0 aromatic carbocycles. The topological polar surface area (TPSA) is 103 Å². The molecule has 2 aromatic rings. The zero-order chi connectivity index (χ0) is 21.1. The number of aromatic nitrogens is 4. The van der Waals surface area contributed by atoms with Crippen molar-refractivity contribution in [2.45, 2.75) is 31.0 Å². The van der Waals surface area contributed by atoms with Crippen LogP contribution in [0.2, 0.25) is 0 Å². The lowest BCUT2D eigenvalue weighted by Gasteiger charge is -2.39. The first-order chi connectivity index (χ1) is 14.5. The minimum absolute atomic E-state index is 0.0742. The number of allylic oxidation sites excluding steroid dienone is 1. The predicted molar refractivity (Wildman–Crippen MR) is 113 cm³/mol. The predicted octanol–water partition coefficient (Wildman–Crippen LogP) is 2.77. The van der Waals surface area contributed by atoms with Crippen molar-refractivity contribution in [2.75, 3.05) is 30.8 Å². The number of halogens is 2. The third kappa shape index (κ3) is 4.85. The standard InChI is InChI=1S/C19H23F2N7OS/c1-30-26-7-12-9-28(10-19(29-12)4-5-19)17-6-14(24-11-25-17)15-8-23-16(27-15)3-2-13(22)18(20)21/h2-3,6,8,11-12,18,22,26H,4-5,7,9-10H2,1H3,(H,23,27)/b3-2-,22-13?. The van der Waals surface area contributed by atoms with Crippen molar-refractivity contribution in [3.63, 3.8) is 0 Å². The molecule has 2 fully saturated rings. The number of morpholine rings is 1. The van der Waals surface area contributed by atoms with Crippen LogP contribution in [-0.2, 0) is 4.74 Å². The van der Waals surface area contributed by atoms with Crippen LogP contribution in [-0.4, -0.2) is 69.7 Å². The van der Waals surface area contributed by atoms with Crippen LogP contribution in [0, 0.1) is 5.41 Å². The molecule has 8 nitrogen and oxygen atoms in total. The zero-order valence-electron chi connectivity index (χ0n) is 16.4. The average Bonchev–Trinajstić information content (AvgIpc) is 3.30. The Hall–Kier alpha value is -2.37. The van der Waals surface area contributed by atoms with E-state index in [4.69, 9.17) is 10.1 Å². The highest BCUT2D eigenvalue weighted by molar-refractivity contribution is 7.96. The summed E-state index contributed by atoms with van der Waals surface area (Å²) in [5, 5.41) is 7.18. The van der Waals surface area contributed by atoms with Gasteiger partial charge in [0, 0.05) is 25.7 Å². The quantitative estimate of drug-likeness (QED) is 0.433. The molecule has 3 N–H and O–H groups in total. The molecule has 11 heteroatoms. The van der Waals surface area contributed by atoms with Crippen LogP contribution < -0.4 is 9.62 Å². The molecule has 0 radical (unpaired) electrons. The molecular formula is C19H23F2N7OS. The van der Waals surface area contributed by atoms with Gasteiger partial charge in [0.15, 0.2) is 0 Å². The van der Waals surface area contributed by atoms with E-state index in [-0.39, 0.29) is 11.7 Å². The molecule has 3 heterocycles. The summed E-state index contributed by atoms with van der Waals surface area (Å²) < 4.78 is 34.4. The monoisotopic (exact) mass is 435 g/mol. The number of imidazole rings is 1. The summed E-state index contributed by atoms with van der Waals surface area (Å²) >= 11 is 1.58. The number of H-pyrrole nitrogens is 1. The highest BCUT2D eigenvalue weighted by Crippen LogP contribution is 2.44. The normalized spacial score (nSPS) is 20.4. The molecule has 1 aliphatic heterocycles. The molecule has 2 aliphatic rings. The van der Waals surface area contributed by atoms with Gasteiger partial charge >= 0.3 is 0 Å². The molecule has 1 saturated carbocycles. The third-order valence-electron chi connectivity index (χ3n) is 5.09. The number of hydrogen-bond acceptors (Lipinski definition) is 8. The van der Waals surface area contributed by atoms with Crippen LogP contribution in [0.25, 0.3) is 17.5 Å². The Morgan fingerprint density at radius 2 is 2.30 bits per heavy atom. The van der Waals surface area contributed by atoms with Gasteiger partial charge in [-0.15, -0.1) is 0 Å². The van der Waals surface area contributed by atoms with E-state index in [2.05, 4.69) is 29.6 Å². The lowest BCUT2D eigenvalue weighted by Crippen LogP contribution is -2.52. The van der Waals surface area contributed by atoms with Gasteiger partial charge in [-0.05, 0) is 31.2 Å². The van der Waals surface area contributed by atoms with Crippen molar-refractivity contribution in [1.29, 1.82) is 5.41 Å². The summed E-state index contributed by atoms with van der Waals surface area (Å²) in [6.07, 6.45) is 6.87. The van der Waals surface area contributed by atoms with Gasteiger partial charge in [-0.3, -0.25) is 10.1 Å². The molecule has 1 saturated heterocycles. The SMILES string of the molecule is CSNCC1CN(c2cc(-c3cnc(/C=C\C(=N)C(F)F)[nH]3)ncn2)CC2(CC2)O1. The Morgan fingerprint density at radius 3 is 3.03 bits per heavy atom. The maximum atomic E-state index is 12.4. The molecule has 1 aliphatic carbocycles. The van der Waals surface area contributed by atoms with Crippen LogP contribution in [0.5, 0.6) is 0 Å². The van der Waals surface area contributed by atoms with Crippen LogP contribution in [0.15, 0.2) is 24.7 Å². The largest absolute Gasteiger partial charge is 0.367 e. The van der Waals surface area contributed by atoms with Crippen molar-refractivity contribution in [3.05, 3.63) is 30.5 Å². The Bertz CT molecular complexity index is 931. The summed E-state index contributed by atoms with van der Waals surface area (Å²) in [5.74, 6) is 1.19. The van der Waals surface area contributed by atoms with Gasteiger partial charge in [-0.2, -0.15) is 0 Å². The average molecular weight is 436 g/mol. The van der Waals surface area contributed by atoms with E-state index in [0.29, 0.717) is 17.2 Å². The Labute approximate surface area is 177 Å². The molecule has 30 heavy (non-hydrogen) atoms. The second kappa shape index (κ2) is 8.78. The van der Waals surface area contributed by atoms with Crippen LogP contribution in [0.4, 0.5) is 14.6 Å². The number of alkyl halides is 2. The number of hydrogen-bond donors (Lipinski definition) is 3. The minimum atomic E-state index is -2.81. The fourth-order valence-electron chi connectivity index (χ4n) is 3.42. The summed E-state index contributed by atoms with van der Waals surface area (Å²) in [7, 11) is 0. The molecule has 1 unspecified atom stereocenters. The maximum absolute atomic E-state index is 12.4. The number of nitrogens with zero attached hydrogens (tertiary/aromatic N) is 4. The van der Waals surface area contributed by atoms with Gasteiger partial charge in [-0.25, -0.2) is 23.7 Å². The summed E-state index contributed by atoms with van der Waals surface area (Å²) in [5.41, 5.74) is 0.474. The number of anilines is 1. The zero-order valence-corrected chi connectivity index (χ0v) is 17.3. The first-order valence-electron chi connectivity index (χ1n) is 9.59. The number of rotatable bonds is 8. The smallest absolute Gasteiger partial charge is 0.279 e. The molecule has 0 bridgehead atoms. The van der Waals surface area contributed by atoms with Crippen LogP contribution >= 0.6 is 11.9 Å². The van der Waals surface area contributed by atoms with Gasteiger partial charge in [0.05, 0.1) is 35.0 Å². The first-order valence-corrected chi connectivity index (χ1v) is 10.8. The van der Waals surface area contributed by atoms with E-state index in [1.165, 1.54) is 12.4 Å². The summed E-state index contributed by atoms with van der Waals surface area (Å²) in [4.78, 5) is 18.2. The first kappa shape index (κ1) is 20.9. The van der Waals surface area contributed by atoms with Gasteiger partial charge < -0.3 is 14.6 Å². The molecule has 1 spiro atoms. The molecule has 2 aromatic heterocycles. The van der Waals surface area contributed by atoms with Crippen molar-refractivity contribution in [1.82, 2.24) is 24.7 Å². The van der Waals surface area contributed by atoms with Crippen molar-refractivity contribution >= 4 is 29.6 Å². The molecule has 1 atom stereocenters. The lowest BCUT2D eigenvalue weighted by molar-refractivity contribution is -0.0399. The number of ether oxygens (including phenoxy) is 1. The van der Waals surface area contributed by atoms with Crippen LogP contribution in [0.3, 0.4) is 0 Å². The molecule has 0 amide bonds. The van der Waals surface area contributed by atoms with Crippen molar-refractivity contribution < 1.29 is 13.5 Å². The second-order valence-corrected chi connectivity index (χ2v) is 8.09. The number of nitrogens with one attached hydrogen (secondary N) is 3. The fraction of sp³-hybridized carbons (Fsp3) is 0.474. The molecular weight excluding hydrogens is 412 g/mol. The number of aromatic amines is 1. The highest BCUT2D eigenvalue weighted by atomic mass is 32.2. The lowest BCUT2D eigenvalue weighted by atomic mass is 10.2. The fourth-order valence-corrected chi connectivity index (χ4v) is 3.77. The van der Waals surface area contributed by atoms with E-state index < -0.39 is 12.1 Å².